The molecule has 0 heterocycles. The van der Waals surface area contributed by atoms with Gasteiger partial charge in [-0.1, -0.05) is 57.8 Å². The van der Waals surface area contributed by atoms with E-state index in [-0.39, 0.29) is 28.8 Å². The van der Waals surface area contributed by atoms with E-state index in [0.717, 1.165) is 44.1 Å². The Morgan fingerprint density at radius 3 is 1.59 bits per heavy atom. The van der Waals surface area contributed by atoms with Crippen LogP contribution in [-0.2, 0) is 12.8 Å². The minimum Gasteiger partial charge on any atom is -0.508 e. The van der Waals surface area contributed by atoms with Crippen molar-refractivity contribution < 1.29 is 30.3 Å². The fourth-order valence-electron chi connectivity index (χ4n) is 4.64. The number of hydrogen-bond acceptors (Lipinski definition) is 6. The standard InChI is InChI=1S/C31H46O6/c1-31(2,37)17-16-27-29(35)18-23(19-30(27)36)14-12-10-8-6-4-3-5-7-9-11-13-15-28(34)24-20-25(32)22-26(33)21-24/h18-22,32-33,35-37H,3-17H2,1-2H3. The third-order valence-electron chi connectivity index (χ3n) is 6.84. The van der Waals surface area contributed by atoms with E-state index in [1.807, 2.05) is 0 Å². The number of aliphatic hydroxyl groups is 1. The van der Waals surface area contributed by atoms with E-state index in [2.05, 4.69) is 0 Å². The number of phenolic OH excluding ortho intramolecular Hbond substituents is 4. The van der Waals surface area contributed by atoms with Crippen LogP contribution in [0.3, 0.4) is 0 Å². The highest BCUT2D eigenvalue weighted by molar-refractivity contribution is 5.96. The number of benzene rings is 2. The molecule has 0 aliphatic rings. The van der Waals surface area contributed by atoms with E-state index in [1.54, 1.807) is 26.0 Å². The first-order valence-corrected chi connectivity index (χ1v) is 13.9. The van der Waals surface area contributed by atoms with Gasteiger partial charge in [0.15, 0.2) is 5.78 Å². The lowest BCUT2D eigenvalue weighted by Crippen LogP contribution is -2.19. The maximum Gasteiger partial charge on any atom is 0.163 e. The number of phenols is 4. The molecule has 0 unspecified atom stereocenters. The number of aromatic hydroxyl groups is 4. The lowest BCUT2D eigenvalue weighted by Gasteiger charge is -2.18. The molecule has 0 radical (unpaired) electrons. The average molecular weight is 515 g/mol. The van der Waals surface area contributed by atoms with Gasteiger partial charge < -0.3 is 25.5 Å². The molecule has 5 N–H and O–H groups in total. The summed E-state index contributed by atoms with van der Waals surface area (Å²) in [4.78, 5) is 12.2. The van der Waals surface area contributed by atoms with E-state index < -0.39 is 5.60 Å². The molecule has 0 atom stereocenters. The Morgan fingerprint density at radius 2 is 1.11 bits per heavy atom. The highest BCUT2D eigenvalue weighted by Crippen LogP contribution is 2.32. The van der Waals surface area contributed by atoms with Gasteiger partial charge in [-0.3, -0.25) is 4.79 Å². The zero-order chi connectivity index (χ0) is 27.3. The number of carbonyl (C=O) groups is 1. The quantitative estimate of drug-likeness (QED) is 0.105. The van der Waals surface area contributed by atoms with E-state index in [9.17, 15) is 30.3 Å². The SMILES string of the molecule is CC(C)(O)CCc1c(O)cc(CCCCCCCCCCCCCC(=O)c2cc(O)cc(O)c2)cc1O. The molecular formula is C31H46O6. The smallest absolute Gasteiger partial charge is 0.163 e. The van der Waals surface area contributed by atoms with Crippen molar-refractivity contribution in [2.45, 2.75) is 116 Å². The van der Waals surface area contributed by atoms with Gasteiger partial charge in [0.2, 0.25) is 0 Å². The molecule has 6 nitrogen and oxygen atoms in total. The predicted octanol–water partition coefficient (Wildman–Crippen LogP) is 7.32. The highest BCUT2D eigenvalue weighted by Gasteiger charge is 2.16. The van der Waals surface area contributed by atoms with Crippen LogP contribution in [0.5, 0.6) is 23.0 Å². The number of aryl methyl sites for hydroxylation is 1. The summed E-state index contributed by atoms with van der Waals surface area (Å²) in [5.74, 6) is 0.00630. The van der Waals surface area contributed by atoms with Gasteiger partial charge in [0.25, 0.3) is 0 Å². The maximum atomic E-state index is 12.2. The summed E-state index contributed by atoms with van der Waals surface area (Å²) in [6.45, 7) is 3.44. The summed E-state index contributed by atoms with van der Waals surface area (Å²) in [7, 11) is 0. The number of carbonyl (C=O) groups excluding carboxylic acids is 1. The lowest BCUT2D eigenvalue weighted by molar-refractivity contribution is 0.0711. The molecule has 37 heavy (non-hydrogen) atoms. The Labute approximate surface area is 222 Å². The lowest BCUT2D eigenvalue weighted by atomic mass is 9.95. The van der Waals surface area contributed by atoms with Crippen LogP contribution in [0.2, 0.25) is 0 Å². The van der Waals surface area contributed by atoms with Crippen LogP contribution in [0, 0.1) is 0 Å². The van der Waals surface area contributed by atoms with Gasteiger partial charge >= 0.3 is 0 Å². The summed E-state index contributed by atoms with van der Waals surface area (Å²) in [6.07, 6.45) is 14.6. The molecule has 6 heteroatoms. The number of Topliss-reactive ketones (excluding diaryl/α,β-unsaturated/α-hetero) is 1. The van der Waals surface area contributed by atoms with Gasteiger partial charge in [-0.2, -0.15) is 0 Å². The van der Waals surface area contributed by atoms with E-state index in [1.165, 1.54) is 56.7 Å². The number of hydrogen-bond donors (Lipinski definition) is 5. The Kier molecular flexibility index (Phi) is 12.8. The zero-order valence-corrected chi connectivity index (χ0v) is 22.6. The van der Waals surface area contributed by atoms with Crippen LogP contribution in [0.15, 0.2) is 30.3 Å². The van der Waals surface area contributed by atoms with Crippen molar-refractivity contribution in [3.05, 3.63) is 47.0 Å². The number of unbranched alkanes of at least 4 members (excludes halogenated alkanes) is 10. The maximum absolute atomic E-state index is 12.2. The number of rotatable bonds is 18. The molecule has 0 saturated heterocycles. The van der Waals surface area contributed by atoms with Gasteiger partial charge in [-0.05, 0) is 75.8 Å². The van der Waals surface area contributed by atoms with E-state index in [4.69, 9.17) is 0 Å². The van der Waals surface area contributed by atoms with Crippen molar-refractivity contribution >= 4 is 5.78 Å². The molecule has 0 aliphatic carbocycles. The average Bonchev–Trinajstić information content (AvgIpc) is 2.80. The Morgan fingerprint density at radius 1 is 0.649 bits per heavy atom. The summed E-state index contributed by atoms with van der Waals surface area (Å²) < 4.78 is 0. The zero-order valence-electron chi connectivity index (χ0n) is 22.6. The van der Waals surface area contributed by atoms with Crippen molar-refractivity contribution in [1.29, 1.82) is 0 Å². The third-order valence-corrected chi connectivity index (χ3v) is 6.84. The van der Waals surface area contributed by atoms with Gasteiger partial charge in [-0.15, -0.1) is 0 Å². The van der Waals surface area contributed by atoms with Gasteiger partial charge in [0.1, 0.15) is 23.0 Å². The minimum atomic E-state index is -0.832. The van der Waals surface area contributed by atoms with Crippen molar-refractivity contribution in [2.24, 2.45) is 0 Å². The molecule has 2 aromatic carbocycles. The Bertz CT molecular complexity index is 933. The van der Waals surface area contributed by atoms with Crippen LogP contribution >= 0.6 is 0 Å². The second-order valence-corrected chi connectivity index (χ2v) is 11.0. The van der Waals surface area contributed by atoms with Crippen molar-refractivity contribution in [1.82, 2.24) is 0 Å². The van der Waals surface area contributed by atoms with Crippen LogP contribution in [0.4, 0.5) is 0 Å². The first-order valence-electron chi connectivity index (χ1n) is 13.9. The van der Waals surface area contributed by atoms with Gasteiger partial charge in [0, 0.05) is 23.6 Å². The van der Waals surface area contributed by atoms with Gasteiger partial charge in [-0.25, -0.2) is 0 Å². The molecule has 0 aromatic heterocycles. The molecule has 0 spiro atoms. The van der Waals surface area contributed by atoms with Crippen LogP contribution in [0.1, 0.15) is 119 Å². The summed E-state index contributed by atoms with van der Waals surface area (Å²) in [5.41, 5.74) is 0.990. The fraction of sp³-hybridized carbons (Fsp3) is 0.581. The van der Waals surface area contributed by atoms with E-state index in [0.29, 0.717) is 30.4 Å². The molecular weight excluding hydrogens is 468 g/mol. The first-order chi connectivity index (χ1) is 17.5. The van der Waals surface area contributed by atoms with Gasteiger partial charge in [0.05, 0.1) is 5.60 Å². The van der Waals surface area contributed by atoms with Crippen LogP contribution in [-0.4, -0.2) is 36.9 Å². The topological polar surface area (TPSA) is 118 Å². The third kappa shape index (κ3) is 12.4. The summed E-state index contributed by atoms with van der Waals surface area (Å²) in [6, 6.07) is 7.51. The Hall–Kier alpha value is -2.73. The minimum absolute atomic E-state index is 0.0426. The molecule has 0 amide bonds. The first kappa shape index (κ1) is 30.5. The normalized spacial score (nSPS) is 11.6. The van der Waals surface area contributed by atoms with Crippen molar-refractivity contribution in [3.63, 3.8) is 0 Å². The predicted molar refractivity (Wildman–Crippen MR) is 148 cm³/mol. The molecule has 0 saturated carbocycles. The Balaban J connectivity index is 1.47. The molecule has 0 bridgehead atoms. The van der Waals surface area contributed by atoms with Crippen molar-refractivity contribution in [3.8, 4) is 23.0 Å². The summed E-state index contributed by atoms with van der Waals surface area (Å²) in [5, 5.41) is 49.4. The molecule has 0 aliphatic heterocycles. The monoisotopic (exact) mass is 514 g/mol. The fourth-order valence-corrected chi connectivity index (χ4v) is 4.64. The number of ketones is 1. The second kappa shape index (κ2) is 15.5. The summed E-state index contributed by atoms with van der Waals surface area (Å²) >= 11 is 0. The van der Waals surface area contributed by atoms with E-state index >= 15 is 0 Å². The molecule has 0 fully saturated rings. The largest absolute Gasteiger partial charge is 0.508 e. The molecule has 206 valence electrons. The molecule has 2 rings (SSSR count). The second-order valence-electron chi connectivity index (χ2n) is 11.0. The van der Waals surface area contributed by atoms with Crippen LogP contribution < -0.4 is 0 Å². The van der Waals surface area contributed by atoms with Crippen LogP contribution in [0.25, 0.3) is 0 Å². The van der Waals surface area contributed by atoms with Crippen molar-refractivity contribution in [2.75, 3.05) is 0 Å². The molecule has 2 aromatic rings. The highest BCUT2D eigenvalue weighted by atomic mass is 16.3.